The standard InChI is InChI=1S/C23H19ClF2N2O4/c24-16-5-3-15(4-6-16)23(25,26)19(29)9-2-13-1-7-17-14(11-13)12-28(22(17)32)18-8-10-20(30)27-21(18)31/h1,3-7,11,18H,2,8-10,12H2,(H,27,30,31)/i2D,11D,12D. The molecular formula is C23H19ClF2N2O4. The molecule has 9 heteroatoms. The number of rotatable bonds is 6. The third kappa shape index (κ3) is 4.14. The Balaban J connectivity index is 1.58. The molecule has 3 atom stereocenters. The minimum absolute atomic E-state index is 0.0129. The number of aryl methyl sites for hydroxylation is 1. The Morgan fingerprint density at radius 2 is 1.97 bits per heavy atom. The van der Waals surface area contributed by atoms with Gasteiger partial charge in [-0.2, -0.15) is 8.78 Å². The highest BCUT2D eigenvalue weighted by Gasteiger charge is 2.41. The number of hydrogen-bond donors (Lipinski definition) is 1. The van der Waals surface area contributed by atoms with Crippen LogP contribution in [0.4, 0.5) is 8.78 Å². The molecule has 32 heavy (non-hydrogen) atoms. The second kappa shape index (κ2) is 8.43. The largest absolute Gasteiger partial charge is 0.330 e. The van der Waals surface area contributed by atoms with E-state index in [9.17, 15) is 28.0 Å². The van der Waals surface area contributed by atoms with Crippen LogP contribution in [-0.4, -0.2) is 34.4 Å². The van der Waals surface area contributed by atoms with Crippen molar-refractivity contribution < 1.29 is 32.1 Å². The van der Waals surface area contributed by atoms with Crippen LogP contribution in [-0.2, 0) is 33.2 Å². The lowest BCUT2D eigenvalue weighted by molar-refractivity contribution is -0.144. The van der Waals surface area contributed by atoms with Crippen LogP contribution in [0.5, 0.6) is 0 Å². The molecule has 2 aliphatic rings. The lowest BCUT2D eigenvalue weighted by atomic mass is 9.97. The summed E-state index contributed by atoms with van der Waals surface area (Å²) in [7, 11) is 0. The van der Waals surface area contributed by atoms with Crippen molar-refractivity contribution in [3.05, 3.63) is 69.7 Å². The van der Waals surface area contributed by atoms with Gasteiger partial charge in [-0.05, 0) is 42.1 Å². The Kier molecular flexibility index (Phi) is 4.86. The van der Waals surface area contributed by atoms with E-state index in [1.54, 1.807) is 0 Å². The summed E-state index contributed by atoms with van der Waals surface area (Å²) in [5, 5.41) is 2.34. The van der Waals surface area contributed by atoms with Gasteiger partial charge < -0.3 is 4.90 Å². The molecule has 0 spiro atoms. The first kappa shape index (κ1) is 18.4. The fraction of sp³-hybridized carbons (Fsp3) is 0.304. The Morgan fingerprint density at radius 1 is 1.25 bits per heavy atom. The lowest BCUT2D eigenvalue weighted by Crippen LogP contribution is -2.52. The molecule has 0 aromatic heterocycles. The van der Waals surface area contributed by atoms with E-state index in [1.807, 2.05) is 0 Å². The van der Waals surface area contributed by atoms with Gasteiger partial charge in [0.25, 0.3) is 5.91 Å². The third-order valence-electron chi connectivity index (χ3n) is 5.34. The van der Waals surface area contributed by atoms with Gasteiger partial charge in [0.05, 0.1) is 2.74 Å². The molecule has 3 unspecified atom stereocenters. The predicted molar refractivity (Wildman–Crippen MR) is 111 cm³/mol. The number of ketones is 1. The van der Waals surface area contributed by atoms with Gasteiger partial charge in [0.1, 0.15) is 6.04 Å². The predicted octanol–water partition coefficient (Wildman–Crippen LogP) is 3.39. The van der Waals surface area contributed by atoms with Crippen molar-refractivity contribution in [1.82, 2.24) is 10.2 Å². The Hall–Kier alpha value is -3.13. The van der Waals surface area contributed by atoms with E-state index in [4.69, 9.17) is 15.7 Å². The van der Waals surface area contributed by atoms with Gasteiger partial charge in [0.15, 0.2) is 0 Å². The zero-order valence-electron chi connectivity index (χ0n) is 19.5. The van der Waals surface area contributed by atoms with Crippen LogP contribution in [0, 0.1) is 0 Å². The van der Waals surface area contributed by atoms with Gasteiger partial charge in [-0.3, -0.25) is 24.5 Å². The van der Waals surface area contributed by atoms with Crippen LogP contribution in [0.1, 0.15) is 50.4 Å². The first-order valence-corrected chi connectivity index (χ1v) is 10.1. The van der Waals surface area contributed by atoms with Gasteiger partial charge >= 0.3 is 5.92 Å². The molecule has 2 heterocycles. The summed E-state index contributed by atoms with van der Waals surface area (Å²) >= 11 is 5.71. The van der Waals surface area contributed by atoms with E-state index in [2.05, 4.69) is 5.32 Å². The number of hydrogen-bond acceptors (Lipinski definition) is 4. The van der Waals surface area contributed by atoms with E-state index < -0.39 is 66.4 Å². The molecular weight excluding hydrogens is 442 g/mol. The maximum Gasteiger partial charge on any atom is 0.330 e. The fourth-order valence-electron chi connectivity index (χ4n) is 3.60. The molecule has 3 amide bonds. The monoisotopic (exact) mass is 463 g/mol. The molecule has 2 aromatic rings. The number of fused-ring (bicyclic) bond motifs is 1. The minimum Gasteiger partial charge on any atom is -0.322 e. The van der Waals surface area contributed by atoms with E-state index in [0.29, 0.717) is 0 Å². The summed E-state index contributed by atoms with van der Waals surface area (Å²) in [5.74, 6) is -7.29. The van der Waals surface area contributed by atoms with Gasteiger partial charge in [0, 0.05) is 36.9 Å². The zero-order valence-corrected chi connectivity index (χ0v) is 17.3. The minimum atomic E-state index is -3.88. The second-order valence-corrected chi connectivity index (χ2v) is 7.90. The maximum absolute atomic E-state index is 14.6. The van der Waals surface area contributed by atoms with Crippen molar-refractivity contribution in [3.8, 4) is 0 Å². The van der Waals surface area contributed by atoms with Gasteiger partial charge in [0.2, 0.25) is 17.6 Å². The molecule has 2 aliphatic heterocycles. The second-order valence-electron chi connectivity index (χ2n) is 7.46. The molecule has 6 nitrogen and oxygen atoms in total. The summed E-state index contributed by atoms with van der Waals surface area (Å²) in [6, 6.07) is 5.50. The van der Waals surface area contributed by atoms with Crippen molar-refractivity contribution in [2.75, 3.05) is 0 Å². The highest BCUT2D eigenvalue weighted by atomic mass is 35.5. The number of benzene rings is 2. The van der Waals surface area contributed by atoms with E-state index in [0.717, 1.165) is 17.0 Å². The van der Waals surface area contributed by atoms with Crippen molar-refractivity contribution in [2.24, 2.45) is 0 Å². The third-order valence-corrected chi connectivity index (χ3v) is 5.59. The lowest BCUT2D eigenvalue weighted by Gasteiger charge is -2.29. The van der Waals surface area contributed by atoms with Crippen LogP contribution >= 0.6 is 11.6 Å². The SMILES string of the molecule is [2H]c1c(C([2H])CC(=O)C(F)(F)c2ccc(Cl)cc2)ccc2c1C([2H])N(C1CCC(=O)NC1=O)C2=O. The number of carbonyl (C=O) groups is 4. The molecule has 2 aromatic carbocycles. The number of amides is 3. The smallest absolute Gasteiger partial charge is 0.322 e. The van der Waals surface area contributed by atoms with Gasteiger partial charge in [-0.25, -0.2) is 0 Å². The normalized spacial score (nSPS) is 23.2. The summed E-state index contributed by atoms with van der Waals surface area (Å²) in [6.45, 7) is -1.47. The Morgan fingerprint density at radius 3 is 2.66 bits per heavy atom. The summed E-state index contributed by atoms with van der Waals surface area (Å²) in [5.41, 5.74) is -0.769. The molecule has 0 radical (unpaired) electrons. The molecule has 1 fully saturated rings. The number of halogens is 3. The molecule has 0 saturated carbocycles. The maximum atomic E-state index is 14.6. The number of alkyl halides is 2. The summed E-state index contributed by atoms with van der Waals surface area (Å²) < 4.78 is 54.5. The van der Waals surface area contributed by atoms with Crippen molar-refractivity contribution >= 4 is 35.1 Å². The number of Topliss-reactive ketones (excluding diaryl/α,β-unsaturated/α-hetero) is 1. The molecule has 166 valence electrons. The summed E-state index contributed by atoms with van der Waals surface area (Å²) in [6.07, 6.45) is -2.45. The number of imide groups is 1. The van der Waals surface area contributed by atoms with Crippen molar-refractivity contribution in [1.29, 1.82) is 0 Å². The molecule has 1 N–H and O–H groups in total. The van der Waals surface area contributed by atoms with Gasteiger partial charge in [-0.15, -0.1) is 0 Å². The van der Waals surface area contributed by atoms with E-state index in [1.165, 1.54) is 24.3 Å². The number of nitrogens with one attached hydrogen (secondary N) is 1. The zero-order chi connectivity index (χ0) is 25.7. The molecule has 0 bridgehead atoms. The molecule has 4 rings (SSSR count). The Labute approximate surface area is 191 Å². The topological polar surface area (TPSA) is 83.6 Å². The number of nitrogens with zero attached hydrogens (tertiary/aromatic N) is 1. The van der Waals surface area contributed by atoms with Crippen LogP contribution < -0.4 is 5.32 Å². The van der Waals surface area contributed by atoms with Crippen molar-refractivity contribution in [3.63, 3.8) is 0 Å². The van der Waals surface area contributed by atoms with Crippen molar-refractivity contribution in [2.45, 2.75) is 44.1 Å². The highest BCUT2D eigenvalue weighted by Crippen LogP contribution is 2.32. The van der Waals surface area contributed by atoms with Crippen LogP contribution in [0.25, 0.3) is 0 Å². The van der Waals surface area contributed by atoms with Crippen LogP contribution in [0.15, 0.2) is 42.4 Å². The average Bonchev–Trinajstić information content (AvgIpc) is 3.05. The van der Waals surface area contributed by atoms with E-state index >= 15 is 0 Å². The van der Waals surface area contributed by atoms with E-state index in [-0.39, 0.29) is 34.6 Å². The fourth-order valence-corrected chi connectivity index (χ4v) is 3.73. The first-order valence-electron chi connectivity index (χ1n) is 11.4. The average molecular weight is 464 g/mol. The molecule has 0 aliphatic carbocycles. The highest BCUT2D eigenvalue weighted by molar-refractivity contribution is 6.30. The summed E-state index contributed by atoms with van der Waals surface area (Å²) in [4.78, 5) is 49.9. The van der Waals surface area contributed by atoms with Crippen LogP contribution in [0.2, 0.25) is 5.02 Å². The first-order chi connectivity index (χ1) is 16.4. The number of piperidine rings is 1. The van der Waals surface area contributed by atoms with Crippen LogP contribution in [0.3, 0.4) is 0 Å². The van der Waals surface area contributed by atoms with Gasteiger partial charge in [-0.1, -0.05) is 35.8 Å². The number of carbonyl (C=O) groups excluding carboxylic acids is 4. The molecule has 1 saturated heterocycles. The Bertz CT molecular complexity index is 1240. The quantitative estimate of drug-likeness (QED) is 0.665.